The third-order valence-electron chi connectivity index (χ3n) is 3.21. The van der Waals surface area contributed by atoms with Crippen molar-refractivity contribution in [2.45, 2.75) is 6.92 Å². The predicted octanol–water partition coefficient (Wildman–Crippen LogP) is 0.346. The van der Waals surface area contributed by atoms with Crippen molar-refractivity contribution in [2.24, 2.45) is 0 Å². The molecule has 0 radical (unpaired) electrons. The molecule has 1 aliphatic rings. The fourth-order valence-corrected chi connectivity index (χ4v) is 2.12. The van der Waals surface area contributed by atoms with Crippen molar-refractivity contribution in [3.05, 3.63) is 29.8 Å². The molecule has 1 aliphatic heterocycles. The van der Waals surface area contributed by atoms with Gasteiger partial charge >= 0.3 is 6.03 Å². The molecule has 0 aromatic heterocycles. The molecule has 0 aliphatic carbocycles. The Morgan fingerprint density at radius 1 is 1.30 bits per heavy atom. The van der Waals surface area contributed by atoms with Gasteiger partial charge in [0.15, 0.2) is 0 Å². The van der Waals surface area contributed by atoms with Gasteiger partial charge in [-0.3, -0.25) is 9.69 Å². The highest BCUT2D eigenvalue weighted by atomic mass is 16.3. The Hall–Kier alpha value is -2.08. The van der Waals surface area contributed by atoms with Crippen LogP contribution in [0, 0.1) is 6.92 Å². The number of hydrogen-bond donors (Lipinski definition) is 2. The monoisotopic (exact) mass is 277 g/mol. The Bertz CT molecular complexity index is 487. The number of aliphatic hydroxyl groups is 1. The summed E-state index contributed by atoms with van der Waals surface area (Å²) in [5.41, 5.74) is 1.99. The minimum Gasteiger partial charge on any atom is -0.395 e. The second-order valence-corrected chi connectivity index (χ2v) is 4.76. The Morgan fingerprint density at radius 3 is 2.65 bits per heavy atom. The smallest absolute Gasteiger partial charge is 0.325 e. The molecular formula is C14H19N3O3. The minimum absolute atomic E-state index is 0.0290. The second kappa shape index (κ2) is 6.38. The maximum Gasteiger partial charge on any atom is 0.325 e. The topological polar surface area (TPSA) is 72.9 Å². The largest absolute Gasteiger partial charge is 0.395 e. The van der Waals surface area contributed by atoms with Crippen LogP contribution in [0.2, 0.25) is 0 Å². The molecule has 1 aromatic rings. The van der Waals surface area contributed by atoms with Gasteiger partial charge in [0.2, 0.25) is 5.91 Å². The van der Waals surface area contributed by atoms with Gasteiger partial charge < -0.3 is 15.3 Å². The van der Waals surface area contributed by atoms with Crippen molar-refractivity contribution in [1.29, 1.82) is 0 Å². The molecule has 0 spiro atoms. The molecule has 1 saturated heterocycles. The van der Waals surface area contributed by atoms with E-state index in [1.165, 1.54) is 4.90 Å². The van der Waals surface area contributed by atoms with E-state index in [4.69, 9.17) is 5.11 Å². The van der Waals surface area contributed by atoms with Gasteiger partial charge in [-0.05, 0) is 19.1 Å². The number of rotatable bonds is 5. The average molecular weight is 277 g/mol. The van der Waals surface area contributed by atoms with Crippen LogP contribution in [-0.4, -0.2) is 54.7 Å². The highest BCUT2D eigenvalue weighted by molar-refractivity contribution is 5.96. The predicted molar refractivity (Wildman–Crippen MR) is 75.6 cm³/mol. The Balaban J connectivity index is 1.95. The number of anilines is 1. The summed E-state index contributed by atoms with van der Waals surface area (Å²) in [7, 11) is 0. The van der Waals surface area contributed by atoms with Gasteiger partial charge in [0.05, 0.1) is 6.61 Å². The molecule has 0 bridgehead atoms. The number of benzene rings is 1. The molecule has 6 nitrogen and oxygen atoms in total. The van der Waals surface area contributed by atoms with E-state index in [-0.39, 0.29) is 31.6 Å². The van der Waals surface area contributed by atoms with Crippen LogP contribution in [0.15, 0.2) is 24.3 Å². The van der Waals surface area contributed by atoms with Crippen molar-refractivity contribution in [1.82, 2.24) is 10.2 Å². The zero-order chi connectivity index (χ0) is 14.5. The third-order valence-corrected chi connectivity index (χ3v) is 3.21. The Morgan fingerprint density at radius 2 is 2.00 bits per heavy atom. The number of urea groups is 1. The molecule has 0 atom stereocenters. The van der Waals surface area contributed by atoms with E-state index >= 15 is 0 Å². The first kappa shape index (κ1) is 14.3. The molecule has 0 saturated carbocycles. The fourth-order valence-electron chi connectivity index (χ4n) is 2.12. The number of carbonyl (C=O) groups is 2. The van der Waals surface area contributed by atoms with E-state index in [0.717, 1.165) is 11.3 Å². The van der Waals surface area contributed by atoms with Crippen LogP contribution in [0.4, 0.5) is 10.5 Å². The number of nitrogens with one attached hydrogen (secondary N) is 1. The summed E-state index contributed by atoms with van der Waals surface area (Å²) < 4.78 is 0. The van der Waals surface area contributed by atoms with Gasteiger partial charge in [-0.2, -0.15) is 0 Å². The molecule has 1 fully saturated rings. The molecule has 20 heavy (non-hydrogen) atoms. The van der Waals surface area contributed by atoms with Gasteiger partial charge in [0, 0.05) is 25.3 Å². The first-order valence-electron chi connectivity index (χ1n) is 6.62. The number of amides is 3. The lowest BCUT2D eigenvalue weighted by atomic mass is 10.2. The molecule has 108 valence electrons. The van der Waals surface area contributed by atoms with Crippen molar-refractivity contribution >= 4 is 17.6 Å². The highest BCUT2D eigenvalue weighted by Crippen LogP contribution is 2.20. The van der Waals surface area contributed by atoms with Gasteiger partial charge in [-0.1, -0.05) is 17.7 Å². The molecule has 3 amide bonds. The van der Waals surface area contributed by atoms with Crippen LogP contribution >= 0.6 is 0 Å². The van der Waals surface area contributed by atoms with E-state index in [1.807, 2.05) is 31.2 Å². The quantitative estimate of drug-likeness (QED) is 0.815. The summed E-state index contributed by atoms with van der Waals surface area (Å²) in [5, 5.41) is 11.2. The minimum atomic E-state index is -0.252. The Kier molecular flexibility index (Phi) is 4.57. The van der Waals surface area contributed by atoms with Gasteiger partial charge in [-0.15, -0.1) is 0 Å². The number of carbonyl (C=O) groups excluding carboxylic acids is 2. The highest BCUT2D eigenvalue weighted by Gasteiger charge is 2.30. The van der Waals surface area contributed by atoms with Crippen LogP contribution in [-0.2, 0) is 4.79 Å². The van der Waals surface area contributed by atoms with Crippen molar-refractivity contribution in [3.8, 4) is 0 Å². The van der Waals surface area contributed by atoms with Gasteiger partial charge in [-0.25, -0.2) is 4.79 Å². The van der Waals surface area contributed by atoms with E-state index in [0.29, 0.717) is 13.1 Å². The van der Waals surface area contributed by atoms with E-state index in [1.54, 1.807) is 4.90 Å². The summed E-state index contributed by atoms with van der Waals surface area (Å²) in [6.45, 7) is 3.24. The molecule has 2 N–H and O–H groups in total. The molecule has 6 heteroatoms. The zero-order valence-electron chi connectivity index (χ0n) is 11.5. The van der Waals surface area contributed by atoms with Crippen molar-refractivity contribution < 1.29 is 14.7 Å². The van der Waals surface area contributed by atoms with Crippen molar-refractivity contribution in [3.63, 3.8) is 0 Å². The summed E-state index contributed by atoms with van der Waals surface area (Å²) >= 11 is 0. The maximum absolute atomic E-state index is 12.2. The normalized spacial score (nSPS) is 14.8. The summed E-state index contributed by atoms with van der Waals surface area (Å²) in [6.07, 6.45) is 0. The van der Waals surface area contributed by atoms with Crippen LogP contribution in [0.5, 0.6) is 0 Å². The van der Waals surface area contributed by atoms with Crippen LogP contribution < -0.4 is 10.2 Å². The number of nitrogens with zero attached hydrogens (tertiary/aromatic N) is 2. The van der Waals surface area contributed by atoms with E-state index in [2.05, 4.69) is 5.32 Å². The van der Waals surface area contributed by atoms with E-state index in [9.17, 15) is 9.59 Å². The standard InChI is InChI=1S/C14H19N3O3/c1-11-2-4-12(5-3-11)17-8-7-16(14(17)20)10-13(19)15-6-9-18/h2-5,18H,6-10H2,1H3,(H,15,19). The summed E-state index contributed by atoms with van der Waals surface area (Å²) in [5.74, 6) is -0.252. The third kappa shape index (κ3) is 3.27. The second-order valence-electron chi connectivity index (χ2n) is 4.76. The molecule has 2 rings (SSSR count). The van der Waals surface area contributed by atoms with Crippen molar-refractivity contribution in [2.75, 3.05) is 37.7 Å². The first-order valence-corrected chi connectivity index (χ1v) is 6.62. The van der Waals surface area contributed by atoms with Crippen LogP contribution in [0.25, 0.3) is 0 Å². The Labute approximate surface area is 118 Å². The lowest BCUT2D eigenvalue weighted by molar-refractivity contribution is -0.121. The van der Waals surface area contributed by atoms with Crippen LogP contribution in [0.3, 0.4) is 0 Å². The summed E-state index contributed by atoms with van der Waals surface area (Å²) in [6, 6.07) is 7.57. The lowest BCUT2D eigenvalue weighted by Gasteiger charge is -2.18. The number of aliphatic hydroxyl groups excluding tert-OH is 1. The van der Waals surface area contributed by atoms with Crippen LogP contribution in [0.1, 0.15) is 5.56 Å². The molecular weight excluding hydrogens is 258 g/mol. The summed E-state index contributed by atoms with van der Waals surface area (Å²) in [4.78, 5) is 27.0. The first-order chi connectivity index (χ1) is 9.61. The number of aryl methyl sites for hydroxylation is 1. The molecule has 0 unspecified atom stereocenters. The van der Waals surface area contributed by atoms with E-state index < -0.39 is 0 Å². The van der Waals surface area contributed by atoms with Gasteiger partial charge in [0.1, 0.15) is 6.54 Å². The zero-order valence-corrected chi connectivity index (χ0v) is 11.5. The number of hydrogen-bond acceptors (Lipinski definition) is 3. The van der Waals surface area contributed by atoms with Gasteiger partial charge in [0.25, 0.3) is 0 Å². The maximum atomic E-state index is 12.2. The molecule has 1 heterocycles. The SMILES string of the molecule is Cc1ccc(N2CCN(CC(=O)NCCO)C2=O)cc1. The average Bonchev–Trinajstić information content (AvgIpc) is 2.79. The fraction of sp³-hybridized carbons (Fsp3) is 0.429. The molecule has 1 aromatic carbocycles. The lowest BCUT2D eigenvalue weighted by Crippen LogP contribution is -2.40.